The van der Waals surface area contributed by atoms with E-state index < -0.39 is 0 Å². The largest absolute Gasteiger partial charge is 0.373 e. The molecule has 0 unspecified atom stereocenters. The molecule has 0 aliphatic heterocycles. The molecule has 4 heteroatoms. The number of nitrogens with zero attached hydrogens (tertiary/aromatic N) is 3. The Bertz CT molecular complexity index is 378. The van der Waals surface area contributed by atoms with E-state index in [1.807, 2.05) is 19.3 Å². The Balaban J connectivity index is 2.60. The molecule has 1 aromatic rings. The van der Waals surface area contributed by atoms with Crippen molar-refractivity contribution in [3.8, 4) is 6.07 Å². The van der Waals surface area contributed by atoms with Gasteiger partial charge < -0.3 is 5.32 Å². The van der Waals surface area contributed by atoms with Crippen LogP contribution in [0.25, 0.3) is 0 Å². The molecule has 1 rings (SSSR count). The van der Waals surface area contributed by atoms with Crippen molar-refractivity contribution in [3.05, 3.63) is 23.9 Å². The summed E-state index contributed by atoms with van der Waals surface area (Å²) in [6.07, 6.45) is 2.47. The Labute approximate surface area is 110 Å². The normalized spacial score (nSPS) is 10.7. The highest BCUT2D eigenvalue weighted by atomic mass is 15.1. The molecule has 0 amide bonds. The van der Waals surface area contributed by atoms with Crippen LogP contribution in [-0.2, 0) is 6.54 Å². The van der Waals surface area contributed by atoms with Gasteiger partial charge in [-0.3, -0.25) is 4.90 Å². The van der Waals surface area contributed by atoms with Crippen LogP contribution in [0.1, 0.15) is 25.8 Å². The molecule has 18 heavy (non-hydrogen) atoms. The van der Waals surface area contributed by atoms with E-state index in [1.165, 1.54) is 5.56 Å². The Morgan fingerprint density at radius 2 is 2.22 bits per heavy atom. The lowest BCUT2D eigenvalue weighted by Gasteiger charge is -2.23. The Morgan fingerprint density at radius 3 is 2.72 bits per heavy atom. The van der Waals surface area contributed by atoms with Crippen molar-refractivity contribution >= 4 is 5.82 Å². The number of rotatable bonds is 7. The van der Waals surface area contributed by atoms with E-state index in [0.717, 1.165) is 25.5 Å². The minimum absolute atomic E-state index is 0.578. The predicted molar refractivity (Wildman–Crippen MR) is 74.1 cm³/mol. The first-order chi connectivity index (χ1) is 8.65. The molecular formula is C14H22N4. The van der Waals surface area contributed by atoms with Gasteiger partial charge in [0.05, 0.1) is 6.07 Å². The number of nitriles is 1. The second-order valence-electron chi connectivity index (χ2n) is 4.84. The summed E-state index contributed by atoms with van der Waals surface area (Å²) in [4.78, 5) is 6.62. The molecule has 98 valence electrons. The van der Waals surface area contributed by atoms with Crippen LogP contribution in [0.5, 0.6) is 0 Å². The van der Waals surface area contributed by atoms with Crippen molar-refractivity contribution in [2.75, 3.05) is 25.5 Å². The minimum Gasteiger partial charge on any atom is -0.373 e. The summed E-state index contributed by atoms with van der Waals surface area (Å²) in [6, 6.07) is 6.27. The fourth-order valence-electron chi connectivity index (χ4n) is 1.88. The van der Waals surface area contributed by atoms with Gasteiger partial charge >= 0.3 is 0 Å². The summed E-state index contributed by atoms with van der Waals surface area (Å²) in [5.41, 5.74) is 1.19. The number of aromatic nitrogens is 1. The van der Waals surface area contributed by atoms with Gasteiger partial charge in [-0.15, -0.1) is 0 Å². The Kier molecular flexibility index (Phi) is 6.16. The van der Waals surface area contributed by atoms with Gasteiger partial charge in [0.1, 0.15) is 5.82 Å². The summed E-state index contributed by atoms with van der Waals surface area (Å²) in [5.74, 6) is 1.49. The molecule has 1 aromatic heterocycles. The van der Waals surface area contributed by atoms with Crippen molar-refractivity contribution in [2.45, 2.75) is 26.8 Å². The van der Waals surface area contributed by atoms with E-state index in [9.17, 15) is 0 Å². The quantitative estimate of drug-likeness (QED) is 0.803. The zero-order chi connectivity index (χ0) is 13.4. The van der Waals surface area contributed by atoms with E-state index in [1.54, 1.807) is 0 Å². The highest BCUT2D eigenvalue weighted by Gasteiger charge is 2.08. The smallest absolute Gasteiger partial charge is 0.125 e. The third kappa shape index (κ3) is 5.15. The summed E-state index contributed by atoms with van der Waals surface area (Å²) < 4.78 is 0. The van der Waals surface area contributed by atoms with Crippen LogP contribution in [0, 0.1) is 17.2 Å². The molecule has 0 bridgehead atoms. The first-order valence-electron chi connectivity index (χ1n) is 6.37. The summed E-state index contributed by atoms with van der Waals surface area (Å²) in [5, 5.41) is 11.7. The molecule has 1 N–H and O–H groups in total. The lowest BCUT2D eigenvalue weighted by molar-refractivity contribution is 0.241. The fraction of sp³-hybridized carbons (Fsp3) is 0.571. The first-order valence-corrected chi connectivity index (χ1v) is 6.37. The third-order valence-electron chi connectivity index (χ3n) is 2.65. The fourth-order valence-corrected chi connectivity index (χ4v) is 1.88. The van der Waals surface area contributed by atoms with Crippen molar-refractivity contribution in [3.63, 3.8) is 0 Å². The Hall–Kier alpha value is -1.60. The van der Waals surface area contributed by atoms with Crippen LogP contribution >= 0.6 is 0 Å². The van der Waals surface area contributed by atoms with Gasteiger partial charge in [-0.05, 0) is 17.5 Å². The minimum atomic E-state index is 0.578. The molecule has 0 aromatic carbocycles. The zero-order valence-electron chi connectivity index (χ0n) is 11.5. The van der Waals surface area contributed by atoms with Gasteiger partial charge in [0.15, 0.2) is 0 Å². The van der Waals surface area contributed by atoms with Crippen molar-refractivity contribution in [1.82, 2.24) is 9.88 Å². The predicted octanol–water partition coefficient (Wildman–Crippen LogP) is 2.49. The first kappa shape index (κ1) is 14.5. The van der Waals surface area contributed by atoms with Crippen molar-refractivity contribution in [2.24, 2.45) is 5.92 Å². The van der Waals surface area contributed by atoms with Crippen LogP contribution in [-0.4, -0.2) is 30.0 Å². The number of nitrogens with one attached hydrogen (secondary N) is 1. The van der Waals surface area contributed by atoms with Crippen molar-refractivity contribution < 1.29 is 0 Å². The number of anilines is 1. The topological polar surface area (TPSA) is 52.0 Å². The van der Waals surface area contributed by atoms with Gasteiger partial charge in [0.25, 0.3) is 0 Å². The second kappa shape index (κ2) is 7.67. The lowest BCUT2D eigenvalue weighted by atomic mass is 10.2. The lowest BCUT2D eigenvalue weighted by Crippen LogP contribution is -2.28. The monoisotopic (exact) mass is 246 g/mol. The molecule has 1 heterocycles. The molecule has 0 fully saturated rings. The van der Waals surface area contributed by atoms with Gasteiger partial charge in [-0.1, -0.05) is 19.9 Å². The van der Waals surface area contributed by atoms with E-state index in [2.05, 4.69) is 41.2 Å². The van der Waals surface area contributed by atoms with Gasteiger partial charge in [0.2, 0.25) is 0 Å². The highest BCUT2D eigenvalue weighted by molar-refractivity contribution is 5.34. The summed E-state index contributed by atoms with van der Waals surface area (Å²) >= 11 is 0. The molecule has 0 radical (unpaired) electrons. The van der Waals surface area contributed by atoms with Crippen LogP contribution in [0.2, 0.25) is 0 Å². The maximum absolute atomic E-state index is 8.69. The van der Waals surface area contributed by atoms with Crippen LogP contribution < -0.4 is 5.32 Å². The van der Waals surface area contributed by atoms with E-state index >= 15 is 0 Å². The molecule has 0 aliphatic rings. The molecule has 4 nitrogen and oxygen atoms in total. The van der Waals surface area contributed by atoms with Crippen LogP contribution in [0.4, 0.5) is 5.82 Å². The molecular weight excluding hydrogens is 224 g/mol. The molecule has 0 atom stereocenters. The number of hydrogen-bond donors (Lipinski definition) is 1. The van der Waals surface area contributed by atoms with Gasteiger partial charge in [-0.25, -0.2) is 4.98 Å². The third-order valence-corrected chi connectivity index (χ3v) is 2.65. The number of hydrogen-bond acceptors (Lipinski definition) is 4. The SMILES string of the molecule is CNc1ccc(CN(CCC#N)CC(C)C)cn1. The Morgan fingerprint density at radius 1 is 1.44 bits per heavy atom. The van der Waals surface area contributed by atoms with E-state index in [4.69, 9.17) is 5.26 Å². The molecule has 0 spiro atoms. The van der Waals surface area contributed by atoms with Gasteiger partial charge in [-0.2, -0.15) is 5.26 Å². The van der Waals surface area contributed by atoms with Crippen LogP contribution in [0.15, 0.2) is 18.3 Å². The number of pyridine rings is 1. The molecule has 0 saturated heterocycles. The standard InChI is InChI=1S/C14H22N4/c1-12(2)10-18(8-4-7-15)11-13-5-6-14(16-3)17-9-13/h5-6,9,12H,4,8,10-11H2,1-3H3,(H,16,17). The zero-order valence-corrected chi connectivity index (χ0v) is 11.5. The highest BCUT2D eigenvalue weighted by Crippen LogP contribution is 2.09. The average Bonchev–Trinajstić information content (AvgIpc) is 2.36. The maximum Gasteiger partial charge on any atom is 0.125 e. The van der Waals surface area contributed by atoms with Crippen molar-refractivity contribution in [1.29, 1.82) is 5.26 Å². The molecule has 0 saturated carbocycles. The molecule has 0 aliphatic carbocycles. The summed E-state index contributed by atoms with van der Waals surface area (Å²) in [7, 11) is 1.86. The average molecular weight is 246 g/mol. The van der Waals surface area contributed by atoms with E-state index in [0.29, 0.717) is 12.3 Å². The van der Waals surface area contributed by atoms with Crippen LogP contribution in [0.3, 0.4) is 0 Å². The maximum atomic E-state index is 8.69. The second-order valence-corrected chi connectivity index (χ2v) is 4.84. The van der Waals surface area contributed by atoms with Gasteiger partial charge in [0, 0.05) is 39.3 Å². The summed E-state index contributed by atoms with van der Waals surface area (Å²) in [6.45, 7) is 7.08. The van der Waals surface area contributed by atoms with E-state index in [-0.39, 0.29) is 0 Å².